The van der Waals surface area contributed by atoms with E-state index in [0.29, 0.717) is 18.8 Å². The highest BCUT2D eigenvalue weighted by molar-refractivity contribution is 5.49. The quantitative estimate of drug-likeness (QED) is 0.905. The highest BCUT2D eigenvalue weighted by Crippen LogP contribution is 2.25. The van der Waals surface area contributed by atoms with Gasteiger partial charge in [0.1, 0.15) is 11.6 Å². The summed E-state index contributed by atoms with van der Waals surface area (Å²) in [6.07, 6.45) is 0. The predicted octanol–water partition coefficient (Wildman–Crippen LogP) is 3.12. The smallest absolute Gasteiger partial charge is 0.146 e. The van der Waals surface area contributed by atoms with E-state index in [1.165, 1.54) is 12.1 Å². The van der Waals surface area contributed by atoms with Crippen molar-refractivity contribution in [3.05, 3.63) is 65.7 Å². The van der Waals surface area contributed by atoms with Gasteiger partial charge in [0.05, 0.1) is 5.69 Å². The molecule has 1 saturated heterocycles. The summed E-state index contributed by atoms with van der Waals surface area (Å²) in [6.45, 7) is 2.05. The Kier molecular flexibility index (Phi) is 3.65. The molecule has 0 radical (unpaired) electrons. The molecule has 4 heteroatoms. The zero-order valence-corrected chi connectivity index (χ0v) is 11.0. The van der Waals surface area contributed by atoms with Crippen molar-refractivity contribution in [3.63, 3.8) is 0 Å². The maximum Gasteiger partial charge on any atom is 0.146 e. The number of halogens is 2. The molecular formula is C16H16F2N2. The average molecular weight is 274 g/mol. The molecule has 1 N–H and O–H groups in total. The number of piperazine rings is 1. The minimum atomic E-state index is -0.406. The van der Waals surface area contributed by atoms with Crippen LogP contribution in [0.3, 0.4) is 0 Å². The second-order valence-corrected chi connectivity index (χ2v) is 4.96. The summed E-state index contributed by atoms with van der Waals surface area (Å²) in [6, 6.07) is 13.8. The Morgan fingerprint density at radius 1 is 1.05 bits per heavy atom. The van der Waals surface area contributed by atoms with Crippen LogP contribution in [0.1, 0.15) is 11.6 Å². The lowest BCUT2D eigenvalue weighted by molar-refractivity contribution is 0.465. The fourth-order valence-corrected chi connectivity index (χ4v) is 2.61. The second kappa shape index (κ2) is 5.59. The Balaban J connectivity index is 1.83. The van der Waals surface area contributed by atoms with E-state index in [9.17, 15) is 8.78 Å². The highest BCUT2D eigenvalue weighted by atomic mass is 19.1. The van der Waals surface area contributed by atoms with E-state index in [-0.39, 0.29) is 11.9 Å². The summed E-state index contributed by atoms with van der Waals surface area (Å²) in [5.74, 6) is -0.781. The van der Waals surface area contributed by atoms with Crippen molar-refractivity contribution < 1.29 is 8.78 Å². The van der Waals surface area contributed by atoms with E-state index in [1.54, 1.807) is 0 Å². The molecule has 0 saturated carbocycles. The summed E-state index contributed by atoms with van der Waals surface area (Å²) in [7, 11) is 0. The van der Waals surface area contributed by atoms with Gasteiger partial charge in [-0.25, -0.2) is 8.78 Å². The molecule has 0 amide bonds. The molecule has 1 atom stereocenters. The van der Waals surface area contributed by atoms with Crippen LogP contribution in [-0.2, 0) is 0 Å². The fraction of sp³-hybridized carbons (Fsp3) is 0.250. The van der Waals surface area contributed by atoms with E-state index in [4.69, 9.17) is 0 Å². The van der Waals surface area contributed by atoms with Crippen molar-refractivity contribution in [2.75, 3.05) is 24.5 Å². The molecule has 0 spiro atoms. The topological polar surface area (TPSA) is 15.3 Å². The molecule has 2 nitrogen and oxygen atoms in total. The Morgan fingerprint density at radius 3 is 2.65 bits per heavy atom. The lowest BCUT2D eigenvalue weighted by Gasteiger charge is -2.35. The molecule has 1 heterocycles. The largest absolute Gasteiger partial charge is 0.366 e. The van der Waals surface area contributed by atoms with E-state index in [2.05, 4.69) is 5.32 Å². The minimum Gasteiger partial charge on any atom is -0.366 e. The molecule has 2 aromatic carbocycles. The molecule has 20 heavy (non-hydrogen) atoms. The van der Waals surface area contributed by atoms with Gasteiger partial charge in [-0.3, -0.25) is 0 Å². The van der Waals surface area contributed by atoms with Crippen molar-refractivity contribution in [1.29, 1.82) is 0 Å². The Hall–Kier alpha value is -1.94. The highest BCUT2D eigenvalue weighted by Gasteiger charge is 2.22. The lowest BCUT2D eigenvalue weighted by Crippen LogP contribution is -2.46. The predicted molar refractivity (Wildman–Crippen MR) is 75.8 cm³/mol. The van der Waals surface area contributed by atoms with Crippen molar-refractivity contribution in [3.8, 4) is 0 Å². The number of hydrogen-bond acceptors (Lipinski definition) is 2. The SMILES string of the molecule is Fc1ccc(F)c(N2CCNC(c3ccccc3)C2)c1. The van der Waals surface area contributed by atoms with E-state index < -0.39 is 5.82 Å². The third-order valence-electron chi connectivity index (χ3n) is 3.63. The number of hydrogen-bond donors (Lipinski definition) is 1. The Labute approximate surface area is 117 Å². The lowest BCUT2D eigenvalue weighted by atomic mass is 10.0. The monoisotopic (exact) mass is 274 g/mol. The zero-order valence-electron chi connectivity index (χ0n) is 11.0. The van der Waals surface area contributed by atoms with Crippen LogP contribution in [0, 0.1) is 11.6 Å². The van der Waals surface area contributed by atoms with E-state index in [1.807, 2.05) is 35.2 Å². The normalized spacial score (nSPS) is 19.1. The molecule has 0 aromatic heterocycles. The number of rotatable bonds is 2. The molecule has 2 aromatic rings. The van der Waals surface area contributed by atoms with Crippen molar-refractivity contribution >= 4 is 5.69 Å². The fourth-order valence-electron chi connectivity index (χ4n) is 2.61. The molecule has 104 valence electrons. The molecule has 1 aliphatic rings. The van der Waals surface area contributed by atoms with Crippen molar-refractivity contribution in [2.24, 2.45) is 0 Å². The van der Waals surface area contributed by atoms with Crippen LogP contribution in [0.5, 0.6) is 0 Å². The number of nitrogens with zero attached hydrogens (tertiary/aromatic N) is 1. The first-order valence-corrected chi connectivity index (χ1v) is 6.72. The van der Waals surface area contributed by atoms with Gasteiger partial charge in [0.15, 0.2) is 0 Å². The van der Waals surface area contributed by atoms with Gasteiger partial charge in [-0.1, -0.05) is 30.3 Å². The van der Waals surface area contributed by atoms with Crippen LogP contribution < -0.4 is 10.2 Å². The van der Waals surface area contributed by atoms with Gasteiger partial charge < -0.3 is 10.2 Å². The number of benzene rings is 2. The third kappa shape index (κ3) is 2.65. The third-order valence-corrected chi connectivity index (χ3v) is 3.63. The Bertz CT molecular complexity index is 586. The Morgan fingerprint density at radius 2 is 1.85 bits per heavy atom. The van der Waals surface area contributed by atoms with Crippen LogP contribution in [0.15, 0.2) is 48.5 Å². The van der Waals surface area contributed by atoms with Crippen LogP contribution in [0.25, 0.3) is 0 Å². The van der Waals surface area contributed by atoms with Gasteiger partial charge in [-0.15, -0.1) is 0 Å². The van der Waals surface area contributed by atoms with Gasteiger partial charge in [0.2, 0.25) is 0 Å². The van der Waals surface area contributed by atoms with Crippen molar-refractivity contribution in [1.82, 2.24) is 5.32 Å². The zero-order chi connectivity index (χ0) is 13.9. The molecule has 3 rings (SSSR count). The minimum absolute atomic E-state index is 0.132. The molecular weight excluding hydrogens is 258 g/mol. The molecule has 1 fully saturated rings. The van der Waals surface area contributed by atoms with Gasteiger partial charge in [-0.2, -0.15) is 0 Å². The van der Waals surface area contributed by atoms with Crippen LogP contribution in [0.2, 0.25) is 0 Å². The standard InChI is InChI=1S/C16H16F2N2/c17-13-6-7-14(18)16(10-13)20-9-8-19-15(11-20)12-4-2-1-3-5-12/h1-7,10,15,19H,8-9,11H2. The van der Waals surface area contributed by atoms with Gasteiger partial charge in [0.25, 0.3) is 0 Å². The molecule has 1 aliphatic heterocycles. The summed E-state index contributed by atoms with van der Waals surface area (Å²) in [5, 5.41) is 3.41. The van der Waals surface area contributed by atoms with Crippen LogP contribution in [-0.4, -0.2) is 19.6 Å². The summed E-state index contributed by atoms with van der Waals surface area (Å²) < 4.78 is 27.2. The first kappa shape index (κ1) is 13.1. The van der Waals surface area contributed by atoms with Crippen molar-refractivity contribution in [2.45, 2.75) is 6.04 Å². The van der Waals surface area contributed by atoms with Crippen LogP contribution in [0.4, 0.5) is 14.5 Å². The summed E-state index contributed by atoms with van der Waals surface area (Å²) in [4.78, 5) is 1.90. The van der Waals surface area contributed by atoms with Gasteiger partial charge in [-0.05, 0) is 17.7 Å². The first-order valence-electron chi connectivity index (χ1n) is 6.72. The molecule has 0 aliphatic carbocycles. The van der Waals surface area contributed by atoms with Gasteiger partial charge >= 0.3 is 0 Å². The summed E-state index contributed by atoms with van der Waals surface area (Å²) >= 11 is 0. The maximum absolute atomic E-state index is 13.9. The second-order valence-electron chi connectivity index (χ2n) is 4.96. The average Bonchev–Trinajstić information content (AvgIpc) is 2.51. The first-order chi connectivity index (χ1) is 9.74. The van der Waals surface area contributed by atoms with Gasteiger partial charge in [0, 0.05) is 31.7 Å². The van der Waals surface area contributed by atoms with Crippen LogP contribution >= 0.6 is 0 Å². The number of nitrogens with one attached hydrogen (secondary N) is 1. The maximum atomic E-state index is 13.9. The molecule has 0 bridgehead atoms. The van der Waals surface area contributed by atoms with E-state index in [0.717, 1.165) is 18.2 Å². The number of anilines is 1. The molecule has 1 unspecified atom stereocenters. The van der Waals surface area contributed by atoms with E-state index >= 15 is 0 Å². The summed E-state index contributed by atoms with van der Waals surface area (Å²) in [5.41, 5.74) is 1.50.